The third-order valence-corrected chi connectivity index (χ3v) is 5.87. The summed E-state index contributed by atoms with van der Waals surface area (Å²) in [5.41, 5.74) is 0.353. The highest BCUT2D eigenvalue weighted by Crippen LogP contribution is 2.30. The average molecular weight is 360 g/mol. The third kappa shape index (κ3) is 3.15. The Labute approximate surface area is 147 Å². The number of rotatable bonds is 3. The first-order valence-electron chi connectivity index (χ1n) is 7.71. The third-order valence-electron chi connectivity index (χ3n) is 3.79. The van der Waals surface area contributed by atoms with Gasteiger partial charge >= 0.3 is 5.97 Å². The lowest BCUT2D eigenvalue weighted by molar-refractivity contribution is -0.129. The zero-order valence-electron chi connectivity index (χ0n) is 13.2. The van der Waals surface area contributed by atoms with E-state index in [1.165, 1.54) is 5.00 Å². The summed E-state index contributed by atoms with van der Waals surface area (Å²) >= 11 is 3.22. The molecule has 2 aliphatic rings. The van der Waals surface area contributed by atoms with E-state index in [1.807, 2.05) is 25.1 Å². The van der Waals surface area contributed by atoms with Crippen LogP contribution in [0.1, 0.15) is 14.6 Å². The topological polar surface area (TPSA) is 51.1 Å². The van der Waals surface area contributed by atoms with Gasteiger partial charge in [-0.3, -0.25) is 0 Å². The maximum absolute atomic E-state index is 12.1. The Kier molecular flexibility index (Phi) is 4.22. The molecule has 0 radical (unpaired) electrons. The zero-order chi connectivity index (χ0) is 16.5. The number of carbonyl (C=O) groups is 1. The Balaban J connectivity index is 1.55. The predicted molar refractivity (Wildman–Crippen MR) is 97.0 cm³/mol. The molecule has 0 unspecified atom stereocenters. The van der Waals surface area contributed by atoms with Crippen LogP contribution in [0.2, 0.25) is 0 Å². The van der Waals surface area contributed by atoms with Crippen LogP contribution >= 0.6 is 22.7 Å². The minimum atomic E-state index is -0.391. The van der Waals surface area contributed by atoms with Gasteiger partial charge in [0.15, 0.2) is 5.70 Å². The van der Waals surface area contributed by atoms with Crippen molar-refractivity contribution in [2.45, 2.75) is 6.92 Å². The molecule has 0 aliphatic carbocycles. The molecule has 0 N–H and O–H groups in total. The number of aryl methyl sites for hydroxylation is 1. The maximum Gasteiger partial charge on any atom is 0.363 e. The van der Waals surface area contributed by atoms with Gasteiger partial charge in [-0.2, -0.15) is 0 Å². The average Bonchev–Trinajstić information content (AvgIpc) is 3.30. The number of anilines is 1. The fraction of sp³-hybridized carbons (Fsp3) is 0.294. The first-order valence-corrected chi connectivity index (χ1v) is 9.34. The number of morpholine rings is 1. The van der Waals surface area contributed by atoms with Crippen LogP contribution in [0.25, 0.3) is 6.08 Å². The van der Waals surface area contributed by atoms with E-state index in [-0.39, 0.29) is 0 Å². The van der Waals surface area contributed by atoms with Crippen LogP contribution in [0.3, 0.4) is 0 Å². The number of thiophene rings is 2. The van der Waals surface area contributed by atoms with E-state index >= 15 is 0 Å². The quantitative estimate of drug-likeness (QED) is 0.622. The largest absolute Gasteiger partial charge is 0.401 e. The van der Waals surface area contributed by atoms with E-state index in [2.05, 4.69) is 16.0 Å². The van der Waals surface area contributed by atoms with Crippen molar-refractivity contribution in [2.75, 3.05) is 31.2 Å². The van der Waals surface area contributed by atoms with Crippen molar-refractivity contribution in [3.63, 3.8) is 0 Å². The van der Waals surface area contributed by atoms with Gasteiger partial charge < -0.3 is 14.4 Å². The minimum Gasteiger partial charge on any atom is -0.401 e. The highest BCUT2D eigenvalue weighted by atomic mass is 32.1. The van der Waals surface area contributed by atoms with Gasteiger partial charge in [0, 0.05) is 22.8 Å². The molecule has 7 heteroatoms. The normalized spacial score (nSPS) is 19.7. The molecule has 1 fully saturated rings. The molecule has 0 atom stereocenters. The fourth-order valence-corrected chi connectivity index (χ4v) is 4.36. The number of nitrogens with zero attached hydrogens (tertiary/aromatic N) is 2. The molecule has 2 aliphatic heterocycles. The van der Waals surface area contributed by atoms with Gasteiger partial charge in [0.05, 0.1) is 23.1 Å². The number of carbonyl (C=O) groups excluding carboxylic acids is 1. The number of aliphatic imine (C=N–C) groups is 1. The minimum absolute atomic E-state index is 0.353. The lowest BCUT2D eigenvalue weighted by Crippen LogP contribution is -2.35. The van der Waals surface area contributed by atoms with Gasteiger partial charge in [-0.1, -0.05) is 0 Å². The molecule has 124 valence electrons. The molecule has 24 heavy (non-hydrogen) atoms. The summed E-state index contributed by atoms with van der Waals surface area (Å²) < 4.78 is 10.7. The number of esters is 1. The summed E-state index contributed by atoms with van der Waals surface area (Å²) in [4.78, 5) is 21.7. The van der Waals surface area contributed by atoms with E-state index < -0.39 is 5.97 Å². The van der Waals surface area contributed by atoms with Crippen LogP contribution in [0, 0.1) is 6.92 Å². The first kappa shape index (κ1) is 15.6. The summed E-state index contributed by atoms with van der Waals surface area (Å²) in [6, 6.07) is 8.01. The van der Waals surface area contributed by atoms with Gasteiger partial charge in [-0.05, 0) is 37.3 Å². The van der Waals surface area contributed by atoms with Gasteiger partial charge in [0.1, 0.15) is 0 Å². The van der Waals surface area contributed by atoms with Crippen molar-refractivity contribution >= 4 is 45.6 Å². The standard InChI is InChI=1S/C17H16N2O3S2/c1-11-2-4-14(23-11)16-18-13(17(20)22-16)10-12-3-5-15(24-12)19-6-8-21-9-7-19/h2-5,10H,6-9H2,1H3/b13-10-. The molecular formula is C17H16N2O3S2. The molecule has 2 aromatic rings. The molecule has 0 amide bonds. The summed E-state index contributed by atoms with van der Waals surface area (Å²) in [5.74, 6) is 0.00619. The second kappa shape index (κ2) is 6.51. The highest BCUT2D eigenvalue weighted by Gasteiger charge is 2.25. The van der Waals surface area contributed by atoms with Crippen LogP contribution in [-0.4, -0.2) is 38.2 Å². The highest BCUT2D eigenvalue weighted by molar-refractivity contribution is 7.17. The summed E-state index contributed by atoms with van der Waals surface area (Å²) in [5, 5.41) is 1.19. The van der Waals surface area contributed by atoms with Crippen LogP contribution < -0.4 is 4.90 Å². The Bertz CT molecular complexity index is 829. The molecule has 5 nitrogen and oxygen atoms in total. The second-order valence-corrected chi connectivity index (χ2v) is 7.90. The van der Waals surface area contributed by atoms with E-state index in [0.29, 0.717) is 11.6 Å². The number of hydrogen-bond acceptors (Lipinski definition) is 7. The zero-order valence-corrected chi connectivity index (χ0v) is 14.8. The van der Waals surface area contributed by atoms with Crippen LogP contribution in [0.5, 0.6) is 0 Å². The summed E-state index contributed by atoms with van der Waals surface area (Å²) in [7, 11) is 0. The van der Waals surface area contributed by atoms with Crippen molar-refractivity contribution in [1.29, 1.82) is 0 Å². The second-order valence-electron chi connectivity index (χ2n) is 5.52. The van der Waals surface area contributed by atoms with Crippen LogP contribution in [-0.2, 0) is 14.3 Å². The van der Waals surface area contributed by atoms with Gasteiger partial charge in [-0.25, -0.2) is 9.79 Å². The van der Waals surface area contributed by atoms with Gasteiger partial charge in [0.2, 0.25) is 5.90 Å². The van der Waals surface area contributed by atoms with Crippen molar-refractivity contribution in [2.24, 2.45) is 4.99 Å². The molecule has 4 heterocycles. The number of cyclic esters (lactones) is 1. The molecule has 2 aromatic heterocycles. The molecule has 4 rings (SSSR count). The maximum atomic E-state index is 12.1. The van der Waals surface area contributed by atoms with Crippen molar-refractivity contribution < 1.29 is 14.3 Å². The summed E-state index contributed by atoms with van der Waals surface area (Å²) in [6.45, 7) is 5.33. The van der Waals surface area contributed by atoms with Crippen LogP contribution in [0.4, 0.5) is 5.00 Å². The van der Waals surface area contributed by atoms with Gasteiger partial charge in [0.25, 0.3) is 0 Å². The van der Waals surface area contributed by atoms with E-state index in [1.54, 1.807) is 28.7 Å². The van der Waals surface area contributed by atoms with Crippen molar-refractivity contribution in [3.8, 4) is 0 Å². The van der Waals surface area contributed by atoms with E-state index in [0.717, 1.165) is 40.9 Å². The Morgan fingerprint density at radius 3 is 2.75 bits per heavy atom. The van der Waals surface area contributed by atoms with E-state index in [9.17, 15) is 4.79 Å². The fourth-order valence-electron chi connectivity index (χ4n) is 2.57. The van der Waals surface area contributed by atoms with Gasteiger partial charge in [-0.15, -0.1) is 22.7 Å². The Hall–Kier alpha value is -1.96. The molecule has 0 saturated carbocycles. The van der Waals surface area contributed by atoms with E-state index in [4.69, 9.17) is 9.47 Å². The first-order chi connectivity index (χ1) is 11.7. The molecule has 1 saturated heterocycles. The summed E-state index contributed by atoms with van der Waals surface area (Å²) in [6.07, 6.45) is 1.80. The Morgan fingerprint density at radius 2 is 2.00 bits per heavy atom. The number of hydrogen-bond donors (Lipinski definition) is 0. The monoisotopic (exact) mass is 360 g/mol. The van der Waals surface area contributed by atoms with Crippen LogP contribution in [0.15, 0.2) is 35.0 Å². The smallest absolute Gasteiger partial charge is 0.363 e. The predicted octanol–water partition coefficient (Wildman–Crippen LogP) is 3.30. The molecule has 0 spiro atoms. The Morgan fingerprint density at radius 1 is 1.17 bits per heavy atom. The van der Waals surface area contributed by atoms with Crippen molar-refractivity contribution in [3.05, 3.63) is 44.6 Å². The lowest BCUT2D eigenvalue weighted by atomic mass is 10.3. The number of ether oxygens (including phenoxy) is 2. The molecule has 0 aromatic carbocycles. The molecule has 0 bridgehead atoms. The lowest BCUT2D eigenvalue weighted by Gasteiger charge is -2.27. The SMILES string of the molecule is Cc1ccc(C2=N/C(=C\c3ccc(N4CCOCC4)s3)C(=O)O2)s1. The molecular weight excluding hydrogens is 344 g/mol. The van der Waals surface area contributed by atoms with Crippen molar-refractivity contribution in [1.82, 2.24) is 0 Å².